The van der Waals surface area contributed by atoms with E-state index in [4.69, 9.17) is 10.4 Å². The van der Waals surface area contributed by atoms with Gasteiger partial charge in [-0.15, -0.1) is 0 Å². The first-order chi connectivity index (χ1) is 9.28. The highest BCUT2D eigenvalue weighted by atomic mass is 19.4. The third-order valence-electron chi connectivity index (χ3n) is 3.45. The Balaban J connectivity index is 2.32. The molecule has 0 aromatic heterocycles. The van der Waals surface area contributed by atoms with Gasteiger partial charge in [-0.25, -0.2) is 4.79 Å². The summed E-state index contributed by atoms with van der Waals surface area (Å²) in [5.41, 5.74) is -2.48. The Labute approximate surface area is 112 Å². The molecule has 0 amide bonds. The number of carboxylic acid groups (broad SMARTS) is 1. The molecule has 0 unspecified atom stereocenters. The third-order valence-corrected chi connectivity index (χ3v) is 3.45. The first kappa shape index (κ1) is 14.2. The van der Waals surface area contributed by atoms with Crippen LogP contribution in [0.1, 0.15) is 30.4 Å². The molecular weight excluding hydrogens is 273 g/mol. The van der Waals surface area contributed by atoms with Crippen LogP contribution in [0.3, 0.4) is 0 Å². The van der Waals surface area contributed by atoms with E-state index in [-0.39, 0.29) is 5.69 Å². The second-order valence-corrected chi connectivity index (χ2v) is 4.74. The second kappa shape index (κ2) is 4.71. The molecule has 0 radical (unpaired) electrons. The van der Waals surface area contributed by atoms with E-state index in [1.165, 1.54) is 6.07 Å². The molecule has 106 valence electrons. The van der Waals surface area contributed by atoms with Crippen LogP contribution in [0.2, 0.25) is 0 Å². The Bertz CT molecular complexity index is 586. The predicted molar refractivity (Wildman–Crippen MR) is 64.0 cm³/mol. The fourth-order valence-electron chi connectivity index (χ4n) is 2.16. The van der Waals surface area contributed by atoms with Gasteiger partial charge < -0.3 is 10.4 Å². The number of aliphatic carboxylic acids is 1. The molecule has 0 saturated heterocycles. The Hall–Kier alpha value is -2.23. The summed E-state index contributed by atoms with van der Waals surface area (Å²) in [6.45, 7) is 0. The molecule has 0 bridgehead atoms. The number of nitrogens with one attached hydrogen (secondary N) is 1. The summed E-state index contributed by atoms with van der Waals surface area (Å²) in [4.78, 5) is 11.2. The van der Waals surface area contributed by atoms with Gasteiger partial charge in [0.15, 0.2) is 0 Å². The van der Waals surface area contributed by atoms with Gasteiger partial charge in [-0.1, -0.05) is 0 Å². The summed E-state index contributed by atoms with van der Waals surface area (Å²) in [7, 11) is 0. The smallest absolute Gasteiger partial charge is 0.417 e. The van der Waals surface area contributed by atoms with E-state index in [1.54, 1.807) is 0 Å². The minimum Gasteiger partial charge on any atom is -0.480 e. The molecule has 1 saturated carbocycles. The number of carboxylic acids is 1. The maximum absolute atomic E-state index is 12.6. The highest BCUT2D eigenvalue weighted by molar-refractivity contribution is 5.84. The number of hydrogen-bond donors (Lipinski definition) is 2. The van der Waals surface area contributed by atoms with Gasteiger partial charge in [0.1, 0.15) is 5.54 Å². The van der Waals surface area contributed by atoms with Crippen molar-refractivity contribution in [2.45, 2.75) is 31.0 Å². The summed E-state index contributed by atoms with van der Waals surface area (Å²) in [6.07, 6.45) is -3.05. The average molecular weight is 284 g/mol. The van der Waals surface area contributed by atoms with E-state index in [9.17, 15) is 18.0 Å². The molecule has 0 atom stereocenters. The molecule has 7 heteroatoms. The van der Waals surface area contributed by atoms with Crippen molar-refractivity contribution in [2.75, 3.05) is 5.32 Å². The lowest BCUT2D eigenvalue weighted by atomic mass is 9.76. The Morgan fingerprint density at radius 2 is 2.05 bits per heavy atom. The lowest BCUT2D eigenvalue weighted by molar-refractivity contribution is -0.145. The van der Waals surface area contributed by atoms with Gasteiger partial charge in [-0.05, 0) is 37.5 Å². The van der Waals surface area contributed by atoms with Crippen LogP contribution in [0.25, 0.3) is 0 Å². The van der Waals surface area contributed by atoms with Crippen molar-refractivity contribution in [1.82, 2.24) is 0 Å². The summed E-state index contributed by atoms with van der Waals surface area (Å²) in [5, 5.41) is 20.7. The second-order valence-electron chi connectivity index (χ2n) is 4.74. The van der Waals surface area contributed by atoms with Crippen molar-refractivity contribution in [1.29, 1.82) is 5.26 Å². The van der Waals surface area contributed by atoms with Crippen LogP contribution in [0.15, 0.2) is 18.2 Å². The SMILES string of the molecule is N#Cc1cc(NC2(C(=O)O)CCC2)ccc1C(F)(F)F. The highest BCUT2D eigenvalue weighted by Gasteiger charge is 2.44. The Morgan fingerprint density at radius 1 is 1.40 bits per heavy atom. The number of nitriles is 1. The lowest BCUT2D eigenvalue weighted by Crippen LogP contribution is -2.52. The van der Waals surface area contributed by atoms with Crippen LogP contribution >= 0.6 is 0 Å². The van der Waals surface area contributed by atoms with Crippen molar-refractivity contribution in [2.24, 2.45) is 0 Å². The van der Waals surface area contributed by atoms with E-state index >= 15 is 0 Å². The Kier molecular flexibility index (Phi) is 3.34. The monoisotopic (exact) mass is 284 g/mol. The van der Waals surface area contributed by atoms with Gasteiger partial charge in [0.2, 0.25) is 0 Å². The number of halogens is 3. The van der Waals surface area contributed by atoms with Gasteiger partial charge in [0.25, 0.3) is 0 Å². The fourth-order valence-corrected chi connectivity index (χ4v) is 2.16. The molecule has 0 aliphatic heterocycles. The van der Waals surface area contributed by atoms with Gasteiger partial charge in [0.05, 0.1) is 17.2 Å². The van der Waals surface area contributed by atoms with Crippen molar-refractivity contribution in [3.05, 3.63) is 29.3 Å². The summed E-state index contributed by atoms with van der Waals surface area (Å²) in [6, 6.07) is 4.45. The van der Waals surface area contributed by atoms with Crippen molar-refractivity contribution in [3.63, 3.8) is 0 Å². The van der Waals surface area contributed by atoms with Crippen LogP contribution < -0.4 is 5.32 Å². The molecule has 0 spiro atoms. The van der Waals surface area contributed by atoms with Gasteiger partial charge >= 0.3 is 12.1 Å². The van der Waals surface area contributed by atoms with Gasteiger partial charge in [0, 0.05) is 5.69 Å². The first-order valence-electron chi connectivity index (χ1n) is 5.91. The summed E-state index contributed by atoms with van der Waals surface area (Å²) in [5.74, 6) is -1.04. The number of anilines is 1. The van der Waals surface area contributed by atoms with Gasteiger partial charge in [-0.3, -0.25) is 0 Å². The van der Waals surface area contributed by atoms with E-state index in [1.807, 2.05) is 0 Å². The molecule has 1 aromatic carbocycles. The van der Waals surface area contributed by atoms with E-state index < -0.39 is 28.8 Å². The number of carbonyl (C=O) groups is 1. The zero-order valence-corrected chi connectivity index (χ0v) is 10.3. The summed E-state index contributed by atoms with van der Waals surface area (Å²) < 4.78 is 37.9. The zero-order chi connectivity index (χ0) is 15.0. The van der Waals surface area contributed by atoms with E-state index in [2.05, 4.69) is 5.32 Å². The van der Waals surface area contributed by atoms with Crippen LogP contribution in [-0.4, -0.2) is 16.6 Å². The molecule has 2 rings (SSSR count). The first-order valence-corrected chi connectivity index (χ1v) is 5.91. The standard InChI is InChI=1S/C13H11F3N2O2/c14-13(15,16)10-3-2-9(6-8(10)7-17)18-12(11(19)20)4-1-5-12/h2-3,6,18H,1,4-5H2,(H,19,20). The van der Waals surface area contributed by atoms with Gasteiger partial charge in [-0.2, -0.15) is 18.4 Å². The zero-order valence-electron chi connectivity index (χ0n) is 10.3. The van der Waals surface area contributed by atoms with Crippen molar-refractivity contribution >= 4 is 11.7 Å². The molecular formula is C13H11F3N2O2. The maximum Gasteiger partial charge on any atom is 0.417 e. The third kappa shape index (κ3) is 2.41. The molecule has 1 fully saturated rings. The molecule has 1 aliphatic carbocycles. The number of alkyl halides is 3. The summed E-state index contributed by atoms with van der Waals surface area (Å²) >= 11 is 0. The quantitative estimate of drug-likeness (QED) is 0.895. The van der Waals surface area contributed by atoms with Crippen LogP contribution in [-0.2, 0) is 11.0 Å². The lowest BCUT2D eigenvalue weighted by Gasteiger charge is -2.39. The van der Waals surface area contributed by atoms with E-state index in [0.717, 1.165) is 24.6 Å². The molecule has 20 heavy (non-hydrogen) atoms. The highest BCUT2D eigenvalue weighted by Crippen LogP contribution is 2.37. The molecule has 4 nitrogen and oxygen atoms in total. The number of rotatable bonds is 3. The molecule has 1 aromatic rings. The van der Waals surface area contributed by atoms with Crippen molar-refractivity contribution in [3.8, 4) is 6.07 Å². The minimum absolute atomic E-state index is 0.205. The average Bonchev–Trinajstić information content (AvgIpc) is 2.31. The van der Waals surface area contributed by atoms with E-state index in [0.29, 0.717) is 12.8 Å². The fraction of sp³-hybridized carbons (Fsp3) is 0.385. The largest absolute Gasteiger partial charge is 0.480 e. The van der Waals surface area contributed by atoms with Crippen LogP contribution in [0, 0.1) is 11.3 Å². The number of benzene rings is 1. The maximum atomic E-state index is 12.6. The van der Waals surface area contributed by atoms with Crippen LogP contribution in [0.5, 0.6) is 0 Å². The normalized spacial score (nSPS) is 16.9. The molecule has 1 aliphatic rings. The minimum atomic E-state index is -4.61. The van der Waals surface area contributed by atoms with Crippen molar-refractivity contribution < 1.29 is 23.1 Å². The number of nitrogens with zero attached hydrogens (tertiary/aromatic N) is 1. The number of hydrogen-bond acceptors (Lipinski definition) is 3. The molecule has 0 heterocycles. The van der Waals surface area contributed by atoms with Crippen LogP contribution in [0.4, 0.5) is 18.9 Å². The topological polar surface area (TPSA) is 73.1 Å². The Morgan fingerprint density at radius 3 is 2.45 bits per heavy atom. The molecule has 2 N–H and O–H groups in total. The predicted octanol–water partition coefficient (Wildman–Crippen LogP) is 3.00.